The van der Waals surface area contributed by atoms with Crippen molar-refractivity contribution < 1.29 is 19.1 Å². The molecule has 0 radical (unpaired) electrons. The number of nitrogens with zero attached hydrogens (tertiary/aromatic N) is 4. The standard InChI is InChI=1S/C27H23N7O4S3/c28-27-30-17(13-40-27)11-19(35)31-21-24(36)34-22(18(14-39-25(21)34)41-20-12-29-33-32-20)26(37)38-23(15-7-3-1-4-8-15)16-9-5-2-6-10-16/h1-10,12-13,21,23,25H,11,14H2,(H2,28,30)(H,31,35)(H,29,32,33)/t21-,25+/m1/s1. The van der Waals surface area contributed by atoms with Crippen molar-refractivity contribution in [3.8, 4) is 0 Å². The third kappa shape index (κ3) is 5.71. The topological polar surface area (TPSA) is 156 Å². The Hall–Kier alpha value is -4.14. The number of H-pyrrole nitrogens is 1. The summed E-state index contributed by atoms with van der Waals surface area (Å²) in [4.78, 5) is 46.3. The molecule has 0 aliphatic carbocycles. The van der Waals surface area contributed by atoms with Gasteiger partial charge in [0.1, 0.15) is 22.1 Å². The molecule has 2 aliphatic rings. The van der Waals surface area contributed by atoms with Gasteiger partial charge in [-0.05, 0) is 11.1 Å². The first kappa shape index (κ1) is 27.1. The molecule has 2 amide bonds. The van der Waals surface area contributed by atoms with Gasteiger partial charge in [0.15, 0.2) is 11.2 Å². The first-order chi connectivity index (χ1) is 20.0. The number of nitrogens with two attached hydrogens (primary N) is 1. The van der Waals surface area contributed by atoms with Gasteiger partial charge in [-0.3, -0.25) is 19.6 Å². The molecule has 208 valence electrons. The van der Waals surface area contributed by atoms with Gasteiger partial charge in [-0.25, -0.2) is 9.78 Å². The summed E-state index contributed by atoms with van der Waals surface area (Å²) in [6.07, 6.45) is 0.854. The number of aromatic nitrogens is 4. The van der Waals surface area contributed by atoms with E-state index in [-0.39, 0.29) is 18.0 Å². The summed E-state index contributed by atoms with van der Waals surface area (Å²) in [7, 11) is 0. The Morgan fingerprint density at radius 3 is 2.46 bits per heavy atom. The number of fused-ring (bicyclic) bond motifs is 1. The Kier molecular flexibility index (Phi) is 7.76. The number of thioether (sulfide) groups is 2. The number of ether oxygens (including phenoxy) is 1. The third-order valence-corrected chi connectivity index (χ3v) is 9.60. The highest BCUT2D eigenvalue weighted by atomic mass is 32.2. The fourth-order valence-corrected chi connectivity index (χ4v) is 7.50. The van der Waals surface area contributed by atoms with E-state index in [0.717, 1.165) is 11.1 Å². The Morgan fingerprint density at radius 1 is 1.15 bits per heavy atom. The first-order valence-corrected chi connectivity index (χ1v) is 15.2. The van der Waals surface area contributed by atoms with E-state index in [1.165, 1.54) is 39.8 Å². The minimum atomic E-state index is -0.786. The minimum absolute atomic E-state index is 0.00334. The second-order valence-corrected chi connectivity index (χ2v) is 12.2. The van der Waals surface area contributed by atoms with Crippen molar-refractivity contribution in [2.45, 2.75) is 29.0 Å². The quantitative estimate of drug-likeness (QED) is 0.191. The molecule has 11 nitrogen and oxygen atoms in total. The maximum atomic E-state index is 14.0. The number of rotatable bonds is 9. The molecule has 2 aromatic carbocycles. The van der Waals surface area contributed by atoms with Gasteiger partial charge in [-0.2, -0.15) is 0 Å². The van der Waals surface area contributed by atoms with Crippen LogP contribution in [0.15, 0.2) is 87.9 Å². The summed E-state index contributed by atoms with van der Waals surface area (Å²) in [6, 6.07) is 18.1. The Bertz CT molecular complexity index is 1560. The van der Waals surface area contributed by atoms with E-state index < -0.39 is 29.4 Å². The Labute approximate surface area is 246 Å². The molecule has 2 aliphatic heterocycles. The van der Waals surface area contributed by atoms with Crippen LogP contribution >= 0.6 is 34.9 Å². The van der Waals surface area contributed by atoms with Crippen LogP contribution in [0.3, 0.4) is 0 Å². The second-order valence-electron chi connectivity index (χ2n) is 9.11. The molecule has 2 aromatic heterocycles. The van der Waals surface area contributed by atoms with Gasteiger partial charge in [0, 0.05) is 16.0 Å². The van der Waals surface area contributed by atoms with Crippen molar-refractivity contribution in [2.75, 3.05) is 11.5 Å². The van der Waals surface area contributed by atoms with E-state index in [1.807, 2.05) is 60.7 Å². The molecule has 4 N–H and O–H groups in total. The predicted molar refractivity (Wildman–Crippen MR) is 155 cm³/mol. The van der Waals surface area contributed by atoms with E-state index in [4.69, 9.17) is 10.5 Å². The van der Waals surface area contributed by atoms with E-state index in [9.17, 15) is 14.4 Å². The van der Waals surface area contributed by atoms with Gasteiger partial charge in [-0.1, -0.05) is 77.6 Å². The summed E-state index contributed by atoms with van der Waals surface area (Å²) in [5.74, 6) is -0.964. The zero-order valence-corrected chi connectivity index (χ0v) is 23.7. The fraction of sp³-hybridized carbons (Fsp3) is 0.185. The smallest absolute Gasteiger partial charge is 0.356 e. The monoisotopic (exact) mass is 605 g/mol. The Balaban J connectivity index is 1.27. The molecule has 14 heteroatoms. The lowest BCUT2D eigenvalue weighted by Crippen LogP contribution is -2.70. The van der Waals surface area contributed by atoms with Gasteiger partial charge in [0.25, 0.3) is 5.91 Å². The number of hydrogen-bond acceptors (Lipinski definition) is 11. The zero-order valence-electron chi connectivity index (χ0n) is 21.3. The molecule has 0 saturated carbocycles. The number of carbonyl (C=O) groups is 3. The number of hydrogen-bond donors (Lipinski definition) is 3. The summed E-state index contributed by atoms with van der Waals surface area (Å²) < 4.78 is 6.15. The van der Waals surface area contributed by atoms with Gasteiger partial charge < -0.3 is 15.8 Å². The van der Waals surface area contributed by atoms with Gasteiger partial charge in [0.05, 0.1) is 18.3 Å². The van der Waals surface area contributed by atoms with Crippen LogP contribution in [-0.2, 0) is 25.5 Å². The van der Waals surface area contributed by atoms with E-state index in [2.05, 4.69) is 25.7 Å². The fourth-order valence-electron chi connectivity index (χ4n) is 4.57. The lowest BCUT2D eigenvalue weighted by Gasteiger charge is -2.49. The molecule has 6 rings (SSSR count). The molecule has 1 fully saturated rings. The maximum Gasteiger partial charge on any atom is 0.356 e. The van der Waals surface area contributed by atoms with Crippen molar-refractivity contribution >= 4 is 57.8 Å². The van der Waals surface area contributed by atoms with Crippen LogP contribution in [-0.4, -0.2) is 60.2 Å². The average Bonchev–Trinajstić information content (AvgIpc) is 3.66. The molecular formula is C27H23N7O4S3. The number of β-lactam (4-membered cyclic amide) rings is 1. The number of thiazole rings is 1. The highest BCUT2D eigenvalue weighted by molar-refractivity contribution is 8.06. The number of carbonyl (C=O) groups excluding carboxylic acids is 3. The molecule has 2 atom stereocenters. The molecular weight excluding hydrogens is 583 g/mol. The summed E-state index contributed by atoms with van der Waals surface area (Å²) in [5, 5.41) is 15.4. The average molecular weight is 606 g/mol. The van der Waals surface area contributed by atoms with Gasteiger partial charge in [-0.15, -0.1) is 28.2 Å². The number of amides is 2. The largest absolute Gasteiger partial charge is 0.448 e. The van der Waals surface area contributed by atoms with Crippen LogP contribution < -0.4 is 11.1 Å². The Morgan fingerprint density at radius 2 is 1.85 bits per heavy atom. The lowest BCUT2D eigenvalue weighted by atomic mass is 10.0. The number of benzene rings is 2. The predicted octanol–water partition coefficient (Wildman–Crippen LogP) is 3.12. The first-order valence-electron chi connectivity index (χ1n) is 12.5. The van der Waals surface area contributed by atoms with Crippen LogP contribution in [0.4, 0.5) is 5.13 Å². The minimum Gasteiger partial charge on any atom is -0.448 e. The van der Waals surface area contributed by atoms with E-state index in [0.29, 0.717) is 26.5 Å². The highest BCUT2D eigenvalue weighted by Crippen LogP contribution is 2.45. The van der Waals surface area contributed by atoms with Crippen molar-refractivity contribution in [2.24, 2.45) is 0 Å². The molecule has 0 spiro atoms. The van der Waals surface area contributed by atoms with Crippen LogP contribution in [0.2, 0.25) is 0 Å². The number of esters is 1. The number of nitrogens with one attached hydrogen (secondary N) is 2. The van der Waals surface area contributed by atoms with Crippen molar-refractivity contribution in [3.63, 3.8) is 0 Å². The van der Waals surface area contributed by atoms with Crippen LogP contribution in [0.1, 0.15) is 22.9 Å². The van der Waals surface area contributed by atoms with Gasteiger partial charge in [0.2, 0.25) is 5.91 Å². The van der Waals surface area contributed by atoms with E-state index in [1.54, 1.807) is 11.6 Å². The van der Waals surface area contributed by atoms with Gasteiger partial charge >= 0.3 is 5.97 Å². The normalized spacial score (nSPS) is 18.2. The molecule has 4 aromatic rings. The third-order valence-electron chi connectivity index (χ3n) is 6.41. The number of anilines is 1. The van der Waals surface area contributed by atoms with Crippen LogP contribution in [0.25, 0.3) is 0 Å². The summed E-state index contributed by atoms with van der Waals surface area (Å²) >= 11 is 3.97. The van der Waals surface area contributed by atoms with Crippen LogP contribution in [0.5, 0.6) is 0 Å². The molecule has 0 bridgehead atoms. The van der Waals surface area contributed by atoms with Crippen molar-refractivity contribution in [1.82, 2.24) is 30.6 Å². The molecule has 1 saturated heterocycles. The maximum absolute atomic E-state index is 14.0. The molecule has 0 unspecified atom stereocenters. The summed E-state index contributed by atoms with van der Waals surface area (Å²) in [5.41, 5.74) is 7.94. The summed E-state index contributed by atoms with van der Waals surface area (Å²) in [6.45, 7) is 0. The van der Waals surface area contributed by atoms with Crippen molar-refractivity contribution in [3.05, 3.63) is 99.7 Å². The SMILES string of the molecule is Nc1nc(CC(=O)N[C@@H]2C(=O)N3C(C(=O)OC(c4ccccc4)c4ccccc4)=C(Sc4cnn[nH]4)CS[C@@H]23)cs1. The molecule has 41 heavy (non-hydrogen) atoms. The van der Waals surface area contributed by atoms with E-state index >= 15 is 0 Å². The lowest BCUT2D eigenvalue weighted by molar-refractivity contribution is -0.154. The zero-order chi connectivity index (χ0) is 28.3. The molecule has 4 heterocycles. The van der Waals surface area contributed by atoms with Crippen molar-refractivity contribution in [1.29, 1.82) is 0 Å². The number of nitrogen functional groups attached to an aromatic ring is 1. The highest BCUT2D eigenvalue weighted by Gasteiger charge is 2.55. The number of aromatic amines is 1. The van der Waals surface area contributed by atoms with Crippen LogP contribution in [0, 0.1) is 0 Å². The second kappa shape index (κ2) is 11.8.